The summed E-state index contributed by atoms with van der Waals surface area (Å²) in [4.78, 5) is 49.8. The molecule has 0 heterocycles. The fourth-order valence-corrected chi connectivity index (χ4v) is 7.47. The number of carbonyl (C=O) groups excluding carboxylic acids is 4. The third-order valence-electron chi connectivity index (χ3n) is 8.89. The van der Waals surface area contributed by atoms with Gasteiger partial charge in [-0.05, 0) is 62.4 Å². The van der Waals surface area contributed by atoms with E-state index in [2.05, 4.69) is 18.6 Å². The Morgan fingerprint density at radius 1 is 0.939 bits per heavy atom. The number of hydrogen-bond acceptors (Lipinski definition) is 7. The molecule has 7 nitrogen and oxygen atoms in total. The zero-order valence-corrected chi connectivity index (χ0v) is 20.8. The number of ketones is 1. The quantitative estimate of drug-likeness (QED) is 0.356. The van der Waals surface area contributed by atoms with E-state index in [1.807, 2.05) is 13.8 Å². The summed E-state index contributed by atoms with van der Waals surface area (Å²) in [6.45, 7) is 9.41. The summed E-state index contributed by atoms with van der Waals surface area (Å²) in [7, 11) is 2.69. The summed E-state index contributed by atoms with van der Waals surface area (Å²) in [5, 5.41) is 0. The maximum atomic E-state index is 13.3. The number of allylic oxidation sites excluding steroid dienone is 3. The lowest BCUT2D eigenvalue weighted by Gasteiger charge is -2.61. The highest BCUT2D eigenvalue weighted by Crippen LogP contribution is 2.69. The van der Waals surface area contributed by atoms with E-state index in [-0.39, 0.29) is 34.4 Å². The topological polar surface area (TPSA) is 96.0 Å². The van der Waals surface area contributed by atoms with Gasteiger partial charge in [0.05, 0.1) is 14.2 Å². The van der Waals surface area contributed by atoms with Gasteiger partial charge in [0.25, 0.3) is 0 Å². The number of methoxy groups -OCH3 is 2. The van der Waals surface area contributed by atoms with Crippen molar-refractivity contribution in [2.45, 2.75) is 72.8 Å². The summed E-state index contributed by atoms with van der Waals surface area (Å²) in [6, 6.07) is 0. The van der Waals surface area contributed by atoms with Gasteiger partial charge in [0.15, 0.2) is 5.78 Å². The molecule has 0 spiro atoms. The molecule has 1 unspecified atom stereocenters. The van der Waals surface area contributed by atoms with Crippen molar-refractivity contribution >= 4 is 23.7 Å². The van der Waals surface area contributed by atoms with E-state index in [9.17, 15) is 19.2 Å². The Balaban J connectivity index is 2.06. The van der Waals surface area contributed by atoms with Gasteiger partial charge in [0, 0.05) is 30.4 Å². The molecule has 3 aliphatic carbocycles. The molecule has 0 radical (unpaired) electrons. The van der Waals surface area contributed by atoms with Crippen LogP contribution in [0.1, 0.15) is 66.7 Å². The first-order chi connectivity index (χ1) is 15.4. The van der Waals surface area contributed by atoms with Crippen LogP contribution in [0.4, 0.5) is 0 Å². The van der Waals surface area contributed by atoms with E-state index in [1.54, 1.807) is 6.08 Å². The first-order valence-electron chi connectivity index (χ1n) is 11.6. The van der Waals surface area contributed by atoms with E-state index >= 15 is 0 Å². The maximum Gasteiger partial charge on any atom is 0.330 e. The van der Waals surface area contributed by atoms with Gasteiger partial charge in [0.2, 0.25) is 0 Å². The summed E-state index contributed by atoms with van der Waals surface area (Å²) in [6.07, 6.45) is 5.58. The van der Waals surface area contributed by atoms with Crippen LogP contribution in [0.5, 0.6) is 0 Å². The molecular formula is C26H36O7. The first-order valence-corrected chi connectivity index (χ1v) is 11.6. The minimum absolute atomic E-state index is 0.0370. The van der Waals surface area contributed by atoms with E-state index in [0.717, 1.165) is 24.0 Å². The van der Waals surface area contributed by atoms with E-state index < -0.39 is 23.5 Å². The third kappa shape index (κ3) is 3.83. The van der Waals surface area contributed by atoms with Gasteiger partial charge >= 0.3 is 17.9 Å². The number of fused-ring (bicyclic) bond motifs is 3. The fourth-order valence-electron chi connectivity index (χ4n) is 7.47. The molecule has 3 rings (SSSR count). The fraction of sp³-hybridized carbons (Fsp3) is 0.692. The predicted octanol–water partition coefficient (Wildman–Crippen LogP) is 3.95. The minimum atomic E-state index is -0.982. The molecule has 0 aromatic rings. The minimum Gasteiger partial charge on any atom is -0.468 e. The number of Topliss-reactive ketones (excluding diaryl/α,β-unsaturated/α-hetero) is 1. The van der Waals surface area contributed by atoms with Gasteiger partial charge in [0.1, 0.15) is 11.5 Å². The lowest BCUT2D eigenvalue weighted by atomic mass is 9.42. The number of carbonyl (C=O) groups is 4. The third-order valence-corrected chi connectivity index (χ3v) is 8.89. The number of esters is 3. The van der Waals surface area contributed by atoms with Crippen LogP contribution in [0.2, 0.25) is 0 Å². The average Bonchev–Trinajstić information content (AvgIpc) is 3.04. The molecule has 0 bridgehead atoms. The highest BCUT2D eigenvalue weighted by atomic mass is 16.6. The highest BCUT2D eigenvalue weighted by molar-refractivity contribution is 6.01. The van der Waals surface area contributed by atoms with Crippen molar-refractivity contribution in [1.82, 2.24) is 0 Å². The van der Waals surface area contributed by atoms with E-state index in [4.69, 9.17) is 9.47 Å². The van der Waals surface area contributed by atoms with E-state index in [0.29, 0.717) is 19.3 Å². The lowest BCUT2D eigenvalue weighted by molar-refractivity contribution is -0.206. The van der Waals surface area contributed by atoms with Crippen molar-refractivity contribution in [2.24, 2.45) is 28.1 Å². The van der Waals surface area contributed by atoms with Gasteiger partial charge in [-0.15, -0.1) is 0 Å². The zero-order valence-electron chi connectivity index (χ0n) is 20.8. The van der Waals surface area contributed by atoms with Crippen molar-refractivity contribution in [3.63, 3.8) is 0 Å². The van der Waals surface area contributed by atoms with Crippen LogP contribution >= 0.6 is 0 Å². The maximum absolute atomic E-state index is 13.3. The second-order valence-electron chi connectivity index (χ2n) is 10.5. The standard InChI is InChI=1S/C26H36O7/c1-15(8-9-21(29)31-6)22-17(28)14-19-24(3)13-11-20(33-16(2)27)26(5,23(30)32-7)18(24)10-12-25(19,22)4/h8-9,18-20H,10-14H2,1-7H3/b9-8+,22-15-/t18?,19-,20+,24-,25-,26+/m0/s1. The summed E-state index contributed by atoms with van der Waals surface area (Å²) in [5.41, 5.74) is -0.102. The Hall–Kier alpha value is -2.44. The molecule has 3 aliphatic rings. The average molecular weight is 461 g/mol. The van der Waals surface area contributed by atoms with Gasteiger partial charge in [-0.1, -0.05) is 19.9 Å². The van der Waals surface area contributed by atoms with Gasteiger partial charge in [-0.3, -0.25) is 14.4 Å². The van der Waals surface area contributed by atoms with Crippen LogP contribution in [-0.4, -0.2) is 44.0 Å². The summed E-state index contributed by atoms with van der Waals surface area (Å²) >= 11 is 0. The number of rotatable bonds is 4. The molecule has 0 aromatic heterocycles. The Morgan fingerprint density at radius 3 is 2.18 bits per heavy atom. The summed E-state index contributed by atoms with van der Waals surface area (Å²) in [5.74, 6) is -1.20. The molecule has 0 amide bonds. The second kappa shape index (κ2) is 8.73. The van der Waals surface area contributed by atoms with Crippen molar-refractivity contribution in [1.29, 1.82) is 0 Å². The molecule has 0 N–H and O–H groups in total. The van der Waals surface area contributed by atoms with Gasteiger partial charge < -0.3 is 14.2 Å². The predicted molar refractivity (Wildman–Crippen MR) is 121 cm³/mol. The Kier molecular flexibility index (Phi) is 6.66. The molecular weight excluding hydrogens is 424 g/mol. The van der Waals surface area contributed by atoms with Crippen molar-refractivity contribution in [3.8, 4) is 0 Å². The van der Waals surface area contributed by atoms with Crippen LogP contribution in [0.25, 0.3) is 0 Å². The van der Waals surface area contributed by atoms with Gasteiger partial charge in [-0.25, -0.2) is 4.79 Å². The largest absolute Gasteiger partial charge is 0.468 e. The SMILES string of the molecule is COC(=O)/C=C/C(C)=C1/C(=O)C[C@H]2[C@@]3(C)CC[C@@H](OC(C)=O)[C@](C)(C(=O)OC)C3CC[C@]12C. The summed E-state index contributed by atoms with van der Waals surface area (Å²) < 4.78 is 15.5. The molecule has 3 saturated carbocycles. The van der Waals surface area contributed by atoms with Crippen LogP contribution in [0.3, 0.4) is 0 Å². The van der Waals surface area contributed by atoms with Crippen LogP contribution < -0.4 is 0 Å². The zero-order chi connectivity index (χ0) is 24.8. The Bertz CT molecular complexity index is 931. The Morgan fingerprint density at radius 2 is 1.61 bits per heavy atom. The van der Waals surface area contributed by atoms with Crippen LogP contribution in [0, 0.1) is 28.1 Å². The molecule has 0 saturated heterocycles. The van der Waals surface area contributed by atoms with Crippen molar-refractivity contribution < 1.29 is 33.4 Å². The molecule has 0 aliphatic heterocycles. The molecule has 0 aromatic carbocycles. The first kappa shape index (κ1) is 25.2. The van der Waals surface area contributed by atoms with Crippen molar-refractivity contribution in [3.05, 3.63) is 23.3 Å². The monoisotopic (exact) mass is 460 g/mol. The smallest absolute Gasteiger partial charge is 0.330 e. The van der Waals surface area contributed by atoms with Crippen LogP contribution in [0.15, 0.2) is 23.3 Å². The van der Waals surface area contributed by atoms with Crippen molar-refractivity contribution in [2.75, 3.05) is 14.2 Å². The Labute approximate surface area is 195 Å². The highest BCUT2D eigenvalue weighted by Gasteiger charge is 2.68. The lowest BCUT2D eigenvalue weighted by Crippen LogP contribution is -2.62. The molecule has 182 valence electrons. The van der Waals surface area contributed by atoms with Gasteiger partial charge in [-0.2, -0.15) is 0 Å². The number of hydrogen-bond donors (Lipinski definition) is 0. The van der Waals surface area contributed by atoms with E-state index in [1.165, 1.54) is 27.2 Å². The molecule has 3 fully saturated rings. The molecule has 7 heteroatoms. The second-order valence-corrected chi connectivity index (χ2v) is 10.5. The van der Waals surface area contributed by atoms with Crippen LogP contribution in [-0.2, 0) is 33.4 Å². The molecule has 33 heavy (non-hydrogen) atoms. The number of ether oxygens (including phenoxy) is 3. The molecule has 6 atom stereocenters. The normalized spacial score (nSPS) is 39.5.